The molecule has 0 fully saturated rings. The number of amides is 3. The number of alkyl halides is 6. The van der Waals surface area contributed by atoms with Gasteiger partial charge in [0.25, 0.3) is 0 Å². The third-order valence-corrected chi connectivity index (χ3v) is 2.32. The number of hydrazine groups is 1. The average molecular weight is 350 g/mol. The van der Waals surface area contributed by atoms with Crippen LogP contribution in [0.1, 0.15) is 5.56 Å². The molecule has 0 saturated carbocycles. The van der Waals surface area contributed by atoms with Crippen LogP contribution in [0.25, 0.3) is 0 Å². The average Bonchev–Trinajstić information content (AvgIpc) is 2.35. The van der Waals surface area contributed by atoms with Crippen molar-refractivity contribution in [2.75, 3.05) is 5.32 Å². The number of carbonyl (C=O) groups excluding carboxylic acids is 2. The Labute approximate surface area is 123 Å². The predicted octanol–water partition coefficient (Wildman–Crippen LogP) is 3.07. The van der Waals surface area contributed by atoms with Crippen LogP contribution in [0.15, 0.2) is 18.2 Å². The molecule has 1 aromatic rings. The van der Waals surface area contributed by atoms with E-state index >= 15 is 0 Å². The van der Waals surface area contributed by atoms with Crippen molar-refractivity contribution in [3.8, 4) is 0 Å². The van der Waals surface area contributed by atoms with E-state index < -0.39 is 35.5 Å². The van der Waals surface area contributed by atoms with Gasteiger partial charge in [-0.2, -0.15) is 26.3 Å². The van der Waals surface area contributed by atoms with E-state index in [-0.39, 0.29) is 5.02 Å². The lowest BCUT2D eigenvalue weighted by Crippen LogP contribution is -2.49. The zero-order chi connectivity index (χ0) is 17.1. The third-order valence-electron chi connectivity index (χ3n) is 2.08. The summed E-state index contributed by atoms with van der Waals surface area (Å²) in [6.45, 7) is 0. The molecule has 0 spiro atoms. The molecule has 0 aliphatic rings. The molecule has 122 valence electrons. The highest BCUT2D eigenvalue weighted by Gasteiger charge is 2.39. The zero-order valence-electron chi connectivity index (χ0n) is 10.2. The van der Waals surface area contributed by atoms with Gasteiger partial charge in [-0.3, -0.25) is 10.2 Å². The number of hydrogen-bond acceptors (Lipinski definition) is 2. The second kappa shape index (κ2) is 6.30. The van der Waals surface area contributed by atoms with Crippen molar-refractivity contribution in [3.05, 3.63) is 28.8 Å². The first-order chi connectivity index (χ1) is 9.91. The monoisotopic (exact) mass is 349 g/mol. The Morgan fingerprint density at radius 3 is 2.09 bits per heavy atom. The van der Waals surface area contributed by atoms with E-state index in [0.717, 1.165) is 17.6 Å². The van der Waals surface area contributed by atoms with E-state index in [1.54, 1.807) is 5.32 Å². The molecule has 22 heavy (non-hydrogen) atoms. The smallest absolute Gasteiger partial charge is 0.306 e. The van der Waals surface area contributed by atoms with Crippen molar-refractivity contribution in [3.63, 3.8) is 0 Å². The van der Waals surface area contributed by atoms with Gasteiger partial charge in [0, 0.05) is 5.02 Å². The van der Waals surface area contributed by atoms with Crippen molar-refractivity contribution >= 4 is 29.2 Å². The summed E-state index contributed by atoms with van der Waals surface area (Å²) in [6, 6.07) is 0.841. The molecule has 3 N–H and O–H groups in total. The summed E-state index contributed by atoms with van der Waals surface area (Å²) in [5, 5.41) is 1.38. The Kier molecular flexibility index (Phi) is 5.12. The molecular weight excluding hydrogens is 344 g/mol. The lowest BCUT2D eigenvalue weighted by Gasteiger charge is -2.15. The maximum absolute atomic E-state index is 12.7. The lowest BCUT2D eigenvalue weighted by molar-refractivity contribution is -0.174. The molecule has 0 radical (unpaired) electrons. The van der Waals surface area contributed by atoms with E-state index in [2.05, 4.69) is 0 Å². The Morgan fingerprint density at radius 1 is 1.00 bits per heavy atom. The van der Waals surface area contributed by atoms with Gasteiger partial charge < -0.3 is 5.32 Å². The van der Waals surface area contributed by atoms with Crippen LogP contribution in [0.3, 0.4) is 0 Å². The highest BCUT2D eigenvalue weighted by atomic mass is 35.5. The first kappa shape index (κ1) is 17.9. The van der Waals surface area contributed by atoms with Crippen molar-refractivity contribution in [2.24, 2.45) is 0 Å². The Bertz CT molecular complexity index is 587. The van der Waals surface area contributed by atoms with Crippen LogP contribution in [-0.4, -0.2) is 18.1 Å². The fraction of sp³-hybridized carbons (Fsp3) is 0.200. The number of halogens is 7. The number of benzene rings is 1. The van der Waals surface area contributed by atoms with E-state index in [1.165, 1.54) is 5.43 Å². The van der Waals surface area contributed by atoms with Gasteiger partial charge in [-0.25, -0.2) is 10.2 Å². The predicted molar refractivity (Wildman–Crippen MR) is 62.8 cm³/mol. The minimum Gasteiger partial charge on any atom is -0.306 e. The van der Waals surface area contributed by atoms with Crippen LogP contribution < -0.4 is 16.2 Å². The van der Waals surface area contributed by atoms with Crippen LogP contribution in [0.4, 0.5) is 36.8 Å². The summed E-state index contributed by atoms with van der Waals surface area (Å²) in [5.74, 6) is -2.49. The van der Waals surface area contributed by atoms with Crippen LogP contribution in [0.2, 0.25) is 5.02 Å². The van der Waals surface area contributed by atoms with Crippen LogP contribution in [-0.2, 0) is 11.0 Å². The zero-order valence-corrected chi connectivity index (χ0v) is 11.0. The van der Waals surface area contributed by atoms with Gasteiger partial charge in [-0.05, 0) is 18.2 Å². The van der Waals surface area contributed by atoms with Crippen molar-refractivity contribution in [1.82, 2.24) is 10.9 Å². The molecule has 5 nitrogen and oxygen atoms in total. The largest absolute Gasteiger partial charge is 0.472 e. The Morgan fingerprint density at radius 2 is 1.59 bits per heavy atom. The number of carbonyl (C=O) groups is 2. The minimum atomic E-state index is -5.26. The van der Waals surface area contributed by atoms with Gasteiger partial charge in [0.05, 0.1) is 11.3 Å². The summed E-state index contributed by atoms with van der Waals surface area (Å²) < 4.78 is 73.6. The normalized spacial score (nSPS) is 11.8. The Hall–Kier alpha value is -2.17. The maximum atomic E-state index is 12.7. The molecule has 12 heteroatoms. The fourth-order valence-corrected chi connectivity index (χ4v) is 1.37. The molecule has 3 amide bonds. The van der Waals surface area contributed by atoms with E-state index in [1.807, 2.05) is 0 Å². The van der Waals surface area contributed by atoms with E-state index in [4.69, 9.17) is 11.6 Å². The molecule has 1 aromatic carbocycles. The number of nitrogens with one attached hydrogen (secondary N) is 3. The standard InChI is InChI=1S/C10H6ClF6N3O2/c11-4-1-2-6(5(3-4)9(12,13)14)18-8(22)20-19-7(21)10(15,16)17/h1-3H,(H,19,21)(H2,18,20,22). The van der Waals surface area contributed by atoms with Crippen LogP contribution in [0.5, 0.6) is 0 Å². The van der Waals surface area contributed by atoms with Crippen molar-refractivity contribution in [1.29, 1.82) is 0 Å². The Balaban J connectivity index is 2.79. The highest BCUT2D eigenvalue weighted by molar-refractivity contribution is 6.30. The second-order valence-corrected chi connectivity index (χ2v) is 4.16. The number of urea groups is 1. The molecule has 0 aromatic heterocycles. The van der Waals surface area contributed by atoms with Gasteiger partial charge >= 0.3 is 24.3 Å². The molecule has 0 aliphatic carbocycles. The maximum Gasteiger partial charge on any atom is 0.472 e. The van der Waals surface area contributed by atoms with Gasteiger partial charge in [0.1, 0.15) is 0 Å². The minimum absolute atomic E-state index is 0.261. The summed E-state index contributed by atoms with van der Waals surface area (Å²) in [7, 11) is 0. The number of rotatable bonds is 1. The van der Waals surface area contributed by atoms with Crippen LogP contribution >= 0.6 is 11.6 Å². The van der Waals surface area contributed by atoms with Crippen molar-refractivity contribution in [2.45, 2.75) is 12.4 Å². The molecule has 0 unspecified atom stereocenters. The lowest BCUT2D eigenvalue weighted by atomic mass is 10.1. The molecule has 0 atom stereocenters. The topological polar surface area (TPSA) is 70.2 Å². The molecule has 0 aliphatic heterocycles. The first-order valence-corrected chi connectivity index (χ1v) is 5.60. The molecule has 0 bridgehead atoms. The number of hydrogen-bond donors (Lipinski definition) is 3. The summed E-state index contributed by atoms with van der Waals surface area (Å²) in [6.07, 6.45) is -10.1. The summed E-state index contributed by atoms with van der Waals surface area (Å²) >= 11 is 5.40. The van der Waals surface area contributed by atoms with E-state index in [0.29, 0.717) is 6.07 Å². The summed E-state index contributed by atoms with van der Waals surface area (Å²) in [4.78, 5) is 21.6. The van der Waals surface area contributed by atoms with Gasteiger partial charge in [0.15, 0.2) is 0 Å². The molecule has 0 heterocycles. The third kappa shape index (κ3) is 4.98. The SMILES string of the molecule is O=C(NNC(=O)C(F)(F)F)Nc1ccc(Cl)cc1C(F)(F)F. The first-order valence-electron chi connectivity index (χ1n) is 5.22. The number of anilines is 1. The molecular formula is C10H6ClF6N3O2. The second-order valence-electron chi connectivity index (χ2n) is 3.72. The highest BCUT2D eigenvalue weighted by Crippen LogP contribution is 2.36. The van der Waals surface area contributed by atoms with Gasteiger partial charge in [-0.15, -0.1) is 0 Å². The van der Waals surface area contributed by atoms with Crippen molar-refractivity contribution < 1.29 is 35.9 Å². The van der Waals surface area contributed by atoms with Gasteiger partial charge in [-0.1, -0.05) is 11.6 Å². The molecule has 0 saturated heterocycles. The summed E-state index contributed by atoms with van der Waals surface area (Å²) in [5.41, 5.74) is 0.178. The van der Waals surface area contributed by atoms with Gasteiger partial charge in [0.2, 0.25) is 0 Å². The van der Waals surface area contributed by atoms with E-state index in [9.17, 15) is 35.9 Å². The van der Waals surface area contributed by atoms with Crippen LogP contribution in [0, 0.1) is 0 Å². The molecule has 1 rings (SSSR count). The quantitative estimate of drug-likeness (QED) is 0.538. The fourth-order valence-electron chi connectivity index (χ4n) is 1.20.